The predicted molar refractivity (Wildman–Crippen MR) is 89.8 cm³/mol. The van der Waals surface area contributed by atoms with E-state index in [-0.39, 0.29) is 12.4 Å². The second-order valence-electron chi connectivity index (χ2n) is 4.94. The zero-order chi connectivity index (χ0) is 17.4. The summed E-state index contributed by atoms with van der Waals surface area (Å²) >= 11 is 0. The largest absolute Gasteiger partial charge is 0.490 e. The lowest BCUT2D eigenvalue weighted by Gasteiger charge is -2.11. The molecule has 24 heavy (non-hydrogen) atoms. The van der Waals surface area contributed by atoms with Crippen LogP contribution in [0.5, 0.6) is 17.2 Å². The predicted octanol–water partition coefficient (Wildman–Crippen LogP) is 3.66. The van der Waals surface area contributed by atoms with Crippen molar-refractivity contribution in [1.82, 2.24) is 0 Å². The molecule has 0 aliphatic rings. The smallest absolute Gasteiger partial charge is 0.349 e. The highest BCUT2D eigenvalue weighted by molar-refractivity contribution is 5.95. The van der Waals surface area contributed by atoms with E-state index in [1.165, 1.54) is 0 Å². The number of hydrogen-bond acceptors (Lipinski definition) is 5. The fraction of sp³-hybridized carbons (Fsp3) is 0.263. The molecule has 5 nitrogen and oxygen atoms in total. The second kappa shape index (κ2) is 8.72. The molecule has 0 aliphatic carbocycles. The minimum Gasteiger partial charge on any atom is -0.490 e. The van der Waals surface area contributed by atoms with Crippen molar-refractivity contribution in [2.45, 2.75) is 20.3 Å². The molecule has 0 heterocycles. The first-order valence-electron chi connectivity index (χ1n) is 7.82. The molecule has 2 aromatic carbocycles. The van der Waals surface area contributed by atoms with Crippen LogP contribution in [0.1, 0.15) is 30.6 Å². The molecule has 126 valence electrons. The molecule has 0 bridgehead atoms. The molecule has 2 aromatic rings. The van der Waals surface area contributed by atoms with Crippen LogP contribution < -0.4 is 14.2 Å². The molecular formula is C19H20O5. The topological polar surface area (TPSA) is 61.8 Å². The van der Waals surface area contributed by atoms with E-state index in [9.17, 15) is 9.59 Å². The van der Waals surface area contributed by atoms with Crippen LogP contribution in [0, 0.1) is 0 Å². The molecule has 5 heteroatoms. The van der Waals surface area contributed by atoms with Crippen molar-refractivity contribution in [3.8, 4) is 17.2 Å². The lowest BCUT2D eigenvalue weighted by atomic mass is 10.1. The highest BCUT2D eigenvalue weighted by Gasteiger charge is 2.11. The van der Waals surface area contributed by atoms with E-state index in [1.54, 1.807) is 48.5 Å². The Labute approximate surface area is 141 Å². The maximum absolute atomic E-state index is 11.9. The van der Waals surface area contributed by atoms with Crippen LogP contribution in [0.25, 0.3) is 0 Å². The standard InChI is InChI=1S/C19H20O5/c1-3-16(20)14-9-11-15(12-10-14)23-13-19(21)24-18-8-6-5-7-17(18)22-4-2/h5-12H,3-4,13H2,1-2H3. The fourth-order valence-corrected chi connectivity index (χ4v) is 2.04. The summed E-state index contributed by atoms with van der Waals surface area (Å²) in [6.07, 6.45) is 0.450. The van der Waals surface area contributed by atoms with E-state index in [4.69, 9.17) is 14.2 Å². The molecule has 0 spiro atoms. The molecular weight excluding hydrogens is 308 g/mol. The molecule has 0 saturated carbocycles. The Hall–Kier alpha value is -2.82. The normalized spacial score (nSPS) is 10.1. The highest BCUT2D eigenvalue weighted by Crippen LogP contribution is 2.26. The highest BCUT2D eigenvalue weighted by atomic mass is 16.6. The van der Waals surface area contributed by atoms with Crippen molar-refractivity contribution < 1.29 is 23.8 Å². The van der Waals surface area contributed by atoms with Gasteiger partial charge in [0.1, 0.15) is 5.75 Å². The third kappa shape index (κ3) is 4.84. The first-order chi connectivity index (χ1) is 11.6. The van der Waals surface area contributed by atoms with E-state index in [2.05, 4.69) is 0 Å². The van der Waals surface area contributed by atoms with Crippen LogP contribution in [0.2, 0.25) is 0 Å². The third-order valence-corrected chi connectivity index (χ3v) is 3.23. The Bertz CT molecular complexity index is 691. The number of carbonyl (C=O) groups is 2. The average molecular weight is 328 g/mol. The van der Waals surface area contributed by atoms with Gasteiger partial charge in [-0.25, -0.2) is 4.79 Å². The number of esters is 1. The summed E-state index contributed by atoms with van der Waals surface area (Å²) in [7, 11) is 0. The van der Waals surface area contributed by atoms with Crippen LogP contribution in [0.4, 0.5) is 0 Å². The molecule has 0 radical (unpaired) electrons. The number of carbonyl (C=O) groups excluding carboxylic acids is 2. The zero-order valence-electron chi connectivity index (χ0n) is 13.8. The minimum atomic E-state index is -0.532. The molecule has 0 aliphatic heterocycles. The van der Waals surface area contributed by atoms with Crippen LogP contribution in [-0.4, -0.2) is 25.0 Å². The maximum Gasteiger partial charge on any atom is 0.349 e. The van der Waals surface area contributed by atoms with Crippen LogP contribution >= 0.6 is 0 Å². The van der Waals surface area contributed by atoms with Crippen LogP contribution in [-0.2, 0) is 4.79 Å². The van der Waals surface area contributed by atoms with E-state index < -0.39 is 5.97 Å². The monoisotopic (exact) mass is 328 g/mol. The van der Waals surface area contributed by atoms with Gasteiger partial charge in [0.2, 0.25) is 0 Å². The van der Waals surface area contributed by atoms with Crippen molar-refractivity contribution in [3.63, 3.8) is 0 Å². The maximum atomic E-state index is 11.9. The van der Waals surface area contributed by atoms with Crippen LogP contribution in [0.15, 0.2) is 48.5 Å². The summed E-state index contributed by atoms with van der Waals surface area (Å²) in [5, 5.41) is 0. The van der Waals surface area contributed by atoms with E-state index in [1.807, 2.05) is 13.8 Å². The van der Waals surface area contributed by atoms with Gasteiger partial charge in [0.15, 0.2) is 23.9 Å². The number of hydrogen-bond donors (Lipinski definition) is 0. The van der Waals surface area contributed by atoms with E-state index in [0.29, 0.717) is 35.8 Å². The van der Waals surface area contributed by atoms with Crippen molar-refractivity contribution in [1.29, 1.82) is 0 Å². The van der Waals surface area contributed by atoms with Crippen molar-refractivity contribution in [2.75, 3.05) is 13.2 Å². The Morgan fingerprint density at radius 3 is 2.17 bits per heavy atom. The minimum absolute atomic E-state index is 0.0634. The Morgan fingerprint density at radius 1 is 0.875 bits per heavy atom. The molecule has 0 unspecified atom stereocenters. The van der Waals surface area contributed by atoms with Gasteiger partial charge >= 0.3 is 5.97 Å². The lowest BCUT2D eigenvalue weighted by molar-refractivity contribution is -0.136. The molecule has 0 fully saturated rings. The van der Waals surface area contributed by atoms with E-state index in [0.717, 1.165) is 0 Å². The summed E-state index contributed by atoms with van der Waals surface area (Å²) in [5.74, 6) is 0.898. The van der Waals surface area contributed by atoms with Gasteiger partial charge in [-0.2, -0.15) is 0 Å². The third-order valence-electron chi connectivity index (χ3n) is 3.23. The van der Waals surface area contributed by atoms with Gasteiger partial charge in [0.05, 0.1) is 6.61 Å². The van der Waals surface area contributed by atoms with Crippen molar-refractivity contribution in [3.05, 3.63) is 54.1 Å². The van der Waals surface area contributed by atoms with Gasteiger partial charge in [-0.3, -0.25) is 4.79 Å². The summed E-state index contributed by atoms with van der Waals surface area (Å²) in [6, 6.07) is 13.6. The Morgan fingerprint density at radius 2 is 1.54 bits per heavy atom. The molecule has 0 amide bonds. The van der Waals surface area contributed by atoms with Crippen LogP contribution in [0.3, 0.4) is 0 Å². The summed E-state index contributed by atoms with van der Waals surface area (Å²) in [6.45, 7) is 3.91. The van der Waals surface area contributed by atoms with Gasteiger partial charge in [-0.05, 0) is 43.3 Å². The number of benzene rings is 2. The fourth-order valence-electron chi connectivity index (χ4n) is 2.04. The molecule has 0 aromatic heterocycles. The first-order valence-corrected chi connectivity index (χ1v) is 7.82. The van der Waals surface area contributed by atoms with Crippen molar-refractivity contribution in [2.24, 2.45) is 0 Å². The summed E-state index contributed by atoms with van der Waals surface area (Å²) in [4.78, 5) is 23.5. The number of para-hydroxylation sites is 2. The summed E-state index contributed by atoms with van der Waals surface area (Å²) in [5.41, 5.74) is 0.623. The zero-order valence-corrected chi connectivity index (χ0v) is 13.8. The SMILES string of the molecule is CCOc1ccccc1OC(=O)COc1ccc(C(=O)CC)cc1. The Kier molecular flexibility index (Phi) is 6.37. The van der Waals surface area contributed by atoms with Gasteiger partial charge in [-0.15, -0.1) is 0 Å². The molecule has 0 N–H and O–H groups in total. The second-order valence-corrected chi connectivity index (χ2v) is 4.94. The van der Waals surface area contributed by atoms with Gasteiger partial charge in [0.25, 0.3) is 0 Å². The number of ether oxygens (including phenoxy) is 3. The molecule has 2 rings (SSSR count). The average Bonchev–Trinajstić information content (AvgIpc) is 2.61. The molecule has 0 saturated heterocycles. The number of rotatable bonds is 8. The summed E-state index contributed by atoms with van der Waals surface area (Å²) < 4.78 is 16.0. The first kappa shape index (κ1) is 17.5. The number of ketones is 1. The lowest BCUT2D eigenvalue weighted by Crippen LogP contribution is -2.18. The molecule has 0 atom stereocenters. The van der Waals surface area contributed by atoms with Gasteiger partial charge < -0.3 is 14.2 Å². The van der Waals surface area contributed by atoms with Gasteiger partial charge in [-0.1, -0.05) is 19.1 Å². The van der Waals surface area contributed by atoms with Crippen molar-refractivity contribution >= 4 is 11.8 Å². The number of Topliss-reactive ketones (excluding diaryl/α,β-unsaturated/α-hetero) is 1. The van der Waals surface area contributed by atoms with E-state index >= 15 is 0 Å². The Balaban J connectivity index is 1.90. The quantitative estimate of drug-likeness (QED) is 0.420. The van der Waals surface area contributed by atoms with Gasteiger partial charge in [0, 0.05) is 12.0 Å².